The lowest BCUT2D eigenvalue weighted by molar-refractivity contribution is 0.219. The first-order chi connectivity index (χ1) is 9.38. The van der Waals surface area contributed by atoms with Gasteiger partial charge in [-0.3, -0.25) is 0 Å². The summed E-state index contributed by atoms with van der Waals surface area (Å²) in [7, 11) is -3.64. The molecule has 1 rings (SSSR count). The van der Waals surface area contributed by atoms with Crippen LogP contribution in [0.3, 0.4) is 0 Å². The molecule has 7 heteroatoms. The SMILES string of the molecule is CCC(CC)N(CCO)S(=O)(=O)c1ccc(Cl)c(Br)c1. The van der Waals surface area contributed by atoms with Gasteiger partial charge in [-0.2, -0.15) is 4.31 Å². The molecule has 0 radical (unpaired) electrons. The summed E-state index contributed by atoms with van der Waals surface area (Å²) in [6.07, 6.45) is 1.40. The molecule has 0 heterocycles. The molecule has 0 aromatic heterocycles. The van der Waals surface area contributed by atoms with Crippen LogP contribution in [0.15, 0.2) is 27.6 Å². The minimum atomic E-state index is -3.64. The van der Waals surface area contributed by atoms with Gasteiger partial charge in [-0.25, -0.2) is 8.42 Å². The second-order valence-electron chi connectivity index (χ2n) is 4.39. The van der Waals surface area contributed by atoms with Gasteiger partial charge in [0.15, 0.2) is 0 Å². The molecule has 114 valence electrons. The van der Waals surface area contributed by atoms with Crippen LogP contribution in [0.1, 0.15) is 26.7 Å². The highest BCUT2D eigenvalue weighted by Crippen LogP contribution is 2.28. The largest absolute Gasteiger partial charge is 0.395 e. The summed E-state index contributed by atoms with van der Waals surface area (Å²) in [4.78, 5) is 0.175. The number of aliphatic hydroxyl groups is 1. The molecule has 1 N–H and O–H groups in total. The number of rotatable bonds is 7. The van der Waals surface area contributed by atoms with E-state index >= 15 is 0 Å². The second-order valence-corrected chi connectivity index (χ2v) is 7.54. The smallest absolute Gasteiger partial charge is 0.243 e. The lowest BCUT2D eigenvalue weighted by Crippen LogP contribution is -2.41. The van der Waals surface area contributed by atoms with Crippen molar-refractivity contribution in [1.82, 2.24) is 4.31 Å². The van der Waals surface area contributed by atoms with Crippen LogP contribution in [0.5, 0.6) is 0 Å². The number of halogens is 2. The third kappa shape index (κ3) is 3.95. The third-order valence-corrected chi connectivity index (χ3v) is 6.33. The van der Waals surface area contributed by atoms with Gasteiger partial charge in [-0.05, 0) is 47.0 Å². The first-order valence-electron chi connectivity index (χ1n) is 6.46. The number of hydrogen-bond acceptors (Lipinski definition) is 3. The van der Waals surface area contributed by atoms with Crippen LogP contribution in [0.25, 0.3) is 0 Å². The van der Waals surface area contributed by atoms with E-state index in [2.05, 4.69) is 15.9 Å². The van der Waals surface area contributed by atoms with Crippen LogP contribution in [-0.2, 0) is 10.0 Å². The third-order valence-electron chi connectivity index (χ3n) is 3.17. The van der Waals surface area contributed by atoms with Crippen molar-refractivity contribution in [2.24, 2.45) is 0 Å². The fourth-order valence-corrected chi connectivity index (χ4v) is 4.50. The molecule has 0 aliphatic carbocycles. The van der Waals surface area contributed by atoms with Crippen molar-refractivity contribution >= 4 is 37.6 Å². The van der Waals surface area contributed by atoms with E-state index in [1.165, 1.54) is 16.4 Å². The van der Waals surface area contributed by atoms with Gasteiger partial charge in [0.05, 0.1) is 16.5 Å². The lowest BCUT2D eigenvalue weighted by atomic mass is 10.2. The topological polar surface area (TPSA) is 57.6 Å². The molecular formula is C13H19BrClNO3S. The summed E-state index contributed by atoms with van der Waals surface area (Å²) in [5, 5.41) is 9.61. The van der Waals surface area contributed by atoms with Gasteiger partial charge in [0.25, 0.3) is 0 Å². The van der Waals surface area contributed by atoms with Gasteiger partial charge in [0, 0.05) is 17.1 Å². The van der Waals surface area contributed by atoms with Crippen molar-refractivity contribution in [3.8, 4) is 0 Å². The first kappa shape index (κ1) is 17.9. The molecule has 0 spiro atoms. The standard InChI is InChI=1S/C13H19BrClNO3S/c1-3-10(4-2)16(7-8-17)20(18,19)11-5-6-13(15)12(14)9-11/h5-6,9-10,17H,3-4,7-8H2,1-2H3. The van der Waals surface area contributed by atoms with Crippen LogP contribution in [-0.4, -0.2) is 37.0 Å². The fraction of sp³-hybridized carbons (Fsp3) is 0.538. The molecule has 0 aliphatic heterocycles. The first-order valence-corrected chi connectivity index (χ1v) is 9.07. The number of nitrogens with zero attached hydrogens (tertiary/aromatic N) is 1. The summed E-state index contributed by atoms with van der Waals surface area (Å²) >= 11 is 9.13. The molecule has 4 nitrogen and oxygen atoms in total. The fourth-order valence-electron chi connectivity index (χ4n) is 2.07. The Kier molecular flexibility index (Phi) is 6.94. The Hall–Kier alpha value is -0.140. The van der Waals surface area contributed by atoms with Crippen molar-refractivity contribution in [3.63, 3.8) is 0 Å². The molecule has 0 atom stereocenters. The lowest BCUT2D eigenvalue weighted by Gasteiger charge is -2.29. The normalized spacial score (nSPS) is 12.3. The molecule has 0 aliphatic rings. The van der Waals surface area contributed by atoms with Crippen LogP contribution in [0, 0.1) is 0 Å². The van der Waals surface area contributed by atoms with E-state index in [1.54, 1.807) is 6.07 Å². The van der Waals surface area contributed by atoms with Crippen LogP contribution in [0.4, 0.5) is 0 Å². The zero-order valence-corrected chi connectivity index (χ0v) is 14.7. The maximum absolute atomic E-state index is 12.7. The van der Waals surface area contributed by atoms with E-state index in [4.69, 9.17) is 16.7 Å². The minimum Gasteiger partial charge on any atom is -0.395 e. The van der Waals surface area contributed by atoms with Crippen LogP contribution < -0.4 is 0 Å². The van der Waals surface area contributed by atoms with Gasteiger partial charge in [-0.15, -0.1) is 0 Å². The average Bonchev–Trinajstić information content (AvgIpc) is 2.42. The summed E-state index contributed by atoms with van der Waals surface area (Å²) in [5.41, 5.74) is 0. The molecule has 0 saturated carbocycles. The highest BCUT2D eigenvalue weighted by molar-refractivity contribution is 9.10. The van der Waals surface area contributed by atoms with Crippen molar-refractivity contribution in [1.29, 1.82) is 0 Å². The number of hydrogen-bond donors (Lipinski definition) is 1. The van der Waals surface area contributed by atoms with Crippen molar-refractivity contribution in [2.45, 2.75) is 37.6 Å². The van der Waals surface area contributed by atoms with Crippen molar-refractivity contribution < 1.29 is 13.5 Å². The Morgan fingerprint density at radius 2 is 1.95 bits per heavy atom. The van der Waals surface area contributed by atoms with Crippen LogP contribution >= 0.6 is 27.5 Å². The Balaban J connectivity index is 3.24. The molecule has 0 fully saturated rings. The van der Waals surface area contributed by atoms with E-state index in [9.17, 15) is 8.42 Å². The predicted octanol–water partition coefficient (Wildman–Crippen LogP) is 3.27. The summed E-state index contributed by atoms with van der Waals surface area (Å²) < 4.78 is 27.3. The molecule has 0 bridgehead atoms. The molecule has 20 heavy (non-hydrogen) atoms. The van der Waals surface area contributed by atoms with Gasteiger partial charge in [0.2, 0.25) is 10.0 Å². The Bertz CT molecular complexity index is 547. The molecule has 0 amide bonds. The van der Waals surface area contributed by atoms with E-state index in [0.717, 1.165) is 0 Å². The summed E-state index contributed by atoms with van der Waals surface area (Å²) in [6.45, 7) is 3.76. The average molecular weight is 385 g/mol. The van der Waals surface area contributed by atoms with Crippen LogP contribution in [0.2, 0.25) is 5.02 Å². The molecule has 1 aromatic carbocycles. The maximum atomic E-state index is 12.7. The maximum Gasteiger partial charge on any atom is 0.243 e. The van der Waals surface area contributed by atoms with Gasteiger partial charge >= 0.3 is 0 Å². The number of benzene rings is 1. The monoisotopic (exact) mass is 383 g/mol. The highest BCUT2D eigenvalue weighted by atomic mass is 79.9. The van der Waals surface area contributed by atoms with Gasteiger partial charge in [0.1, 0.15) is 0 Å². The predicted molar refractivity (Wildman–Crippen MR) is 84.5 cm³/mol. The van der Waals surface area contributed by atoms with Crippen molar-refractivity contribution in [3.05, 3.63) is 27.7 Å². The quantitative estimate of drug-likeness (QED) is 0.785. The molecule has 0 saturated heterocycles. The zero-order valence-electron chi connectivity index (χ0n) is 11.5. The minimum absolute atomic E-state index is 0.0922. The number of aliphatic hydroxyl groups excluding tert-OH is 1. The molecular weight excluding hydrogens is 366 g/mol. The molecule has 0 unspecified atom stereocenters. The van der Waals surface area contributed by atoms with Gasteiger partial charge in [-0.1, -0.05) is 25.4 Å². The van der Waals surface area contributed by atoms with E-state index in [1.807, 2.05) is 13.8 Å². The highest BCUT2D eigenvalue weighted by Gasteiger charge is 2.29. The van der Waals surface area contributed by atoms with Gasteiger partial charge < -0.3 is 5.11 Å². The Morgan fingerprint density at radius 1 is 1.35 bits per heavy atom. The number of sulfonamides is 1. The summed E-state index contributed by atoms with van der Waals surface area (Å²) in [5.74, 6) is 0. The summed E-state index contributed by atoms with van der Waals surface area (Å²) in [6, 6.07) is 4.39. The van der Waals surface area contributed by atoms with Crippen molar-refractivity contribution in [2.75, 3.05) is 13.2 Å². The Morgan fingerprint density at radius 3 is 2.40 bits per heavy atom. The Labute approximate surface area is 133 Å². The second kappa shape index (κ2) is 7.75. The van der Waals surface area contributed by atoms with E-state index in [0.29, 0.717) is 22.3 Å². The zero-order chi connectivity index (χ0) is 15.3. The molecule has 1 aromatic rings. The van der Waals surface area contributed by atoms with E-state index in [-0.39, 0.29) is 24.1 Å². The van der Waals surface area contributed by atoms with E-state index < -0.39 is 10.0 Å².